The van der Waals surface area contributed by atoms with Crippen molar-refractivity contribution >= 4 is 63.0 Å². The van der Waals surface area contributed by atoms with E-state index >= 15 is 0 Å². The molecule has 6 rings (SSSR count). The molecule has 0 aromatic heterocycles. The summed E-state index contributed by atoms with van der Waals surface area (Å²) in [5, 5.41) is 7.86. The van der Waals surface area contributed by atoms with Crippen molar-refractivity contribution in [2.24, 2.45) is 32.7 Å². The van der Waals surface area contributed by atoms with Crippen LogP contribution in [0, 0.1) is 17.8 Å². The summed E-state index contributed by atoms with van der Waals surface area (Å²) in [7, 11) is 0. The average molecular weight is 723 g/mol. The summed E-state index contributed by atoms with van der Waals surface area (Å²) < 4.78 is 6.26. The van der Waals surface area contributed by atoms with Gasteiger partial charge in [0.1, 0.15) is 36.3 Å². The van der Waals surface area contributed by atoms with E-state index in [1.54, 1.807) is 16.7 Å². The minimum Gasteiger partial charge on any atom is -0.474 e. The maximum Gasteiger partial charge on any atom is 0.246 e. The summed E-state index contributed by atoms with van der Waals surface area (Å²) in [5.41, 5.74) is 0.928. The molecule has 3 amide bonds. The first-order valence-electron chi connectivity index (χ1n) is 18.2. The number of fused-ring (bicyclic) bond motifs is 5. The number of nitrogens with zero attached hydrogens (tertiary/aromatic N) is 4. The lowest BCUT2D eigenvalue weighted by Crippen LogP contribution is -2.54. The van der Waals surface area contributed by atoms with Gasteiger partial charge in [-0.15, -0.1) is 23.5 Å². The van der Waals surface area contributed by atoms with E-state index in [-0.39, 0.29) is 53.7 Å². The van der Waals surface area contributed by atoms with Crippen LogP contribution in [0.3, 0.4) is 0 Å². The highest BCUT2D eigenvalue weighted by atomic mass is 32.2. The molecule has 1 fully saturated rings. The number of ether oxygens (including phenoxy) is 1. The highest BCUT2D eigenvalue weighted by Gasteiger charge is 2.45. The number of Topliss-reactive ketones (excluding diaryl/α,β-unsaturated/α-hetero) is 1. The maximum absolute atomic E-state index is 14.4. The second-order valence-electron chi connectivity index (χ2n) is 14.3. The van der Waals surface area contributed by atoms with Crippen LogP contribution in [0.5, 0.6) is 0 Å². The zero-order valence-electron chi connectivity index (χ0n) is 29.7. The molecular formula is C37H50N6O5S2. The maximum atomic E-state index is 14.4. The molecule has 0 spiro atoms. The number of rotatable bonds is 6. The Morgan fingerprint density at radius 1 is 0.900 bits per heavy atom. The predicted molar refractivity (Wildman–Crippen MR) is 200 cm³/mol. The second-order valence-corrected chi connectivity index (χ2v) is 16.4. The Bertz CT molecular complexity index is 1550. The molecule has 0 saturated carbocycles. The smallest absolute Gasteiger partial charge is 0.246 e. The highest BCUT2D eigenvalue weighted by molar-refractivity contribution is 8.14. The molecule has 13 heteroatoms. The molecule has 1 aromatic carbocycles. The van der Waals surface area contributed by atoms with Crippen molar-refractivity contribution in [3.63, 3.8) is 0 Å². The summed E-state index contributed by atoms with van der Waals surface area (Å²) in [4.78, 5) is 72.3. The molecule has 6 bridgehead atoms. The molecule has 0 radical (unpaired) electrons. The van der Waals surface area contributed by atoms with Crippen molar-refractivity contribution in [1.29, 1.82) is 0 Å². The topological polar surface area (TPSA) is 142 Å². The number of aliphatic imine (C=N–C) groups is 3. The molecule has 5 aliphatic rings. The van der Waals surface area contributed by atoms with Crippen molar-refractivity contribution < 1.29 is 23.9 Å². The minimum atomic E-state index is -0.825. The van der Waals surface area contributed by atoms with Gasteiger partial charge in [0.2, 0.25) is 23.6 Å². The number of carbonyl (C=O) groups excluding carboxylic acids is 4. The third kappa shape index (κ3) is 7.83. The monoisotopic (exact) mass is 722 g/mol. The van der Waals surface area contributed by atoms with Gasteiger partial charge in [-0.1, -0.05) is 70.9 Å². The predicted octanol–water partition coefficient (Wildman–Crippen LogP) is 4.08. The van der Waals surface area contributed by atoms with E-state index in [4.69, 9.17) is 19.7 Å². The fourth-order valence-corrected chi connectivity index (χ4v) is 9.86. The Balaban J connectivity index is 1.37. The highest BCUT2D eigenvalue weighted by Crippen LogP contribution is 2.34. The molecule has 0 aliphatic carbocycles. The van der Waals surface area contributed by atoms with E-state index in [1.807, 2.05) is 37.3 Å². The Hall–Kier alpha value is -3.19. The first-order valence-corrected chi connectivity index (χ1v) is 20.2. The lowest BCUT2D eigenvalue weighted by atomic mass is 9.86. The van der Waals surface area contributed by atoms with E-state index in [2.05, 4.69) is 38.3 Å². The first-order chi connectivity index (χ1) is 24.1. The van der Waals surface area contributed by atoms with Crippen LogP contribution in [0.4, 0.5) is 0 Å². The van der Waals surface area contributed by atoms with Gasteiger partial charge >= 0.3 is 0 Å². The van der Waals surface area contributed by atoms with Gasteiger partial charge in [0.25, 0.3) is 0 Å². The SMILES string of the molecule is CCC(C)C1CC(=O)C2N=C(OC2C)C2CCCN2C(=O)C(Cc2ccccc2)NC(=O)C2CSC(=N2)C(C(C)CC)NC(=O)C2CSC1=N2. The molecular weight excluding hydrogens is 673 g/mol. The summed E-state index contributed by atoms with van der Waals surface area (Å²) in [6.07, 6.45) is 3.22. The number of nitrogens with one attached hydrogen (secondary N) is 2. The van der Waals surface area contributed by atoms with Gasteiger partial charge in [-0.3, -0.25) is 29.2 Å². The second kappa shape index (κ2) is 16.0. The van der Waals surface area contributed by atoms with E-state index in [0.717, 1.165) is 34.9 Å². The number of ketones is 1. The quantitative estimate of drug-likeness (QED) is 0.451. The van der Waals surface area contributed by atoms with Crippen LogP contribution in [0.15, 0.2) is 45.3 Å². The van der Waals surface area contributed by atoms with Crippen molar-refractivity contribution in [1.82, 2.24) is 15.5 Å². The number of hydrogen-bond donors (Lipinski definition) is 2. The minimum absolute atomic E-state index is 0.0205. The van der Waals surface area contributed by atoms with Gasteiger partial charge < -0.3 is 20.3 Å². The van der Waals surface area contributed by atoms with Gasteiger partial charge in [-0.25, -0.2) is 4.99 Å². The molecule has 1 aromatic rings. The Morgan fingerprint density at radius 3 is 2.26 bits per heavy atom. The van der Waals surface area contributed by atoms with Crippen molar-refractivity contribution in [2.75, 3.05) is 18.1 Å². The van der Waals surface area contributed by atoms with Crippen LogP contribution in [0.25, 0.3) is 0 Å². The summed E-state index contributed by atoms with van der Waals surface area (Å²) in [6, 6.07) is 6.13. The van der Waals surface area contributed by atoms with Crippen molar-refractivity contribution in [2.45, 2.75) is 115 Å². The third-order valence-electron chi connectivity index (χ3n) is 10.9. The number of carbonyl (C=O) groups is 4. The Kier molecular flexibility index (Phi) is 11.7. The Labute approximate surface area is 303 Å². The molecule has 5 heterocycles. The van der Waals surface area contributed by atoms with E-state index < -0.39 is 36.3 Å². The van der Waals surface area contributed by atoms with Crippen LogP contribution >= 0.6 is 23.5 Å². The molecule has 11 nitrogen and oxygen atoms in total. The van der Waals surface area contributed by atoms with Gasteiger partial charge in [0, 0.05) is 36.8 Å². The molecule has 50 heavy (non-hydrogen) atoms. The van der Waals surface area contributed by atoms with Crippen LogP contribution in [0.2, 0.25) is 0 Å². The lowest BCUT2D eigenvalue weighted by Gasteiger charge is -2.29. The van der Waals surface area contributed by atoms with E-state index in [1.165, 1.54) is 11.8 Å². The Morgan fingerprint density at radius 2 is 1.56 bits per heavy atom. The molecule has 2 N–H and O–H groups in total. The van der Waals surface area contributed by atoms with Crippen LogP contribution in [0.1, 0.15) is 72.3 Å². The van der Waals surface area contributed by atoms with Crippen molar-refractivity contribution in [3.05, 3.63) is 35.9 Å². The molecule has 10 unspecified atom stereocenters. The third-order valence-corrected chi connectivity index (χ3v) is 13.2. The van der Waals surface area contributed by atoms with Gasteiger partial charge in [-0.2, -0.15) is 0 Å². The van der Waals surface area contributed by atoms with Gasteiger partial charge in [0.15, 0.2) is 5.78 Å². The van der Waals surface area contributed by atoms with E-state index in [9.17, 15) is 19.2 Å². The van der Waals surface area contributed by atoms with Crippen LogP contribution < -0.4 is 10.6 Å². The summed E-state index contributed by atoms with van der Waals surface area (Å²) >= 11 is 3.05. The van der Waals surface area contributed by atoms with Crippen molar-refractivity contribution in [3.8, 4) is 0 Å². The first kappa shape index (κ1) is 36.6. The van der Waals surface area contributed by atoms with Gasteiger partial charge in [0.05, 0.1) is 16.1 Å². The van der Waals surface area contributed by atoms with Gasteiger partial charge in [-0.05, 0) is 37.2 Å². The molecule has 5 aliphatic heterocycles. The number of benzene rings is 1. The van der Waals surface area contributed by atoms with Crippen LogP contribution in [-0.2, 0) is 30.3 Å². The van der Waals surface area contributed by atoms with E-state index in [0.29, 0.717) is 36.8 Å². The molecule has 1 saturated heterocycles. The number of amides is 3. The number of hydrogen-bond acceptors (Lipinski definition) is 10. The normalized spacial score (nSPS) is 33.3. The fraction of sp³-hybridized carbons (Fsp3) is 0.649. The fourth-order valence-electron chi connectivity index (χ4n) is 7.34. The molecule has 270 valence electrons. The standard InChI is InChI=1S/C37H50N6O5S2/c1-6-20(3)24-17-29(44)31-22(5)48-34(42-31)28-14-11-15-43(28)37(47)25(16-23-12-9-8-10-13-23)38-32(45)26-19-50-36(40-26)30(21(4)7-2)41-33(46)27-18-49-35(24)39-27/h8-10,12-13,20-22,24-28,30-31H,6-7,11,14-19H2,1-5H3,(H,38,45)(H,41,46). The molecule has 10 atom stereocenters. The van der Waals surface area contributed by atoms with Crippen LogP contribution in [-0.4, -0.2) is 105 Å². The summed E-state index contributed by atoms with van der Waals surface area (Å²) in [6.45, 7) is 10.8. The zero-order valence-corrected chi connectivity index (χ0v) is 31.3. The lowest BCUT2D eigenvalue weighted by molar-refractivity contribution is -0.136. The number of thioether (sulfide) groups is 2. The largest absolute Gasteiger partial charge is 0.474 e. The zero-order chi connectivity index (χ0) is 35.5. The average Bonchev–Trinajstić information content (AvgIpc) is 3.95. The summed E-state index contributed by atoms with van der Waals surface area (Å²) in [5.74, 6) is 0.781.